The summed E-state index contributed by atoms with van der Waals surface area (Å²) in [5.41, 5.74) is -5.53. The van der Waals surface area contributed by atoms with Crippen molar-refractivity contribution >= 4 is 10.1 Å². The molecule has 1 rings (SSSR count). The van der Waals surface area contributed by atoms with Crippen molar-refractivity contribution in [3.63, 3.8) is 0 Å². The molecule has 17 heavy (non-hydrogen) atoms. The lowest BCUT2D eigenvalue weighted by atomic mass is 10.5. The van der Waals surface area contributed by atoms with Crippen LogP contribution in [0.25, 0.3) is 0 Å². The Balaban J connectivity index is 0. The first-order valence-corrected chi connectivity index (χ1v) is 5.68. The lowest BCUT2D eigenvalue weighted by Crippen LogP contribution is -2.21. The van der Waals surface area contributed by atoms with E-state index in [0.29, 0.717) is 6.61 Å². The SMILES string of the molecule is CCCO.O=S(=O)(O)C(F)(F)F.c1c[nH]cn1. The van der Waals surface area contributed by atoms with Crippen molar-refractivity contribution in [2.75, 3.05) is 6.61 Å². The van der Waals surface area contributed by atoms with Crippen LogP contribution in [0.2, 0.25) is 0 Å². The molecule has 3 N–H and O–H groups in total. The van der Waals surface area contributed by atoms with Crippen molar-refractivity contribution in [2.45, 2.75) is 18.9 Å². The van der Waals surface area contributed by atoms with Crippen molar-refractivity contribution < 1.29 is 31.2 Å². The van der Waals surface area contributed by atoms with E-state index < -0.39 is 15.6 Å². The van der Waals surface area contributed by atoms with Crippen LogP contribution >= 0.6 is 0 Å². The van der Waals surface area contributed by atoms with Crippen LogP contribution in [0.4, 0.5) is 13.2 Å². The first kappa shape index (κ1) is 18.2. The van der Waals surface area contributed by atoms with Crippen LogP contribution in [-0.4, -0.2) is 40.2 Å². The number of aliphatic hydroxyl groups excluding tert-OH is 1. The van der Waals surface area contributed by atoms with Crippen LogP contribution in [0, 0.1) is 0 Å². The number of H-pyrrole nitrogens is 1. The van der Waals surface area contributed by atoms with Gasteiger partial charge in [-0.2, -0.15) is 21.6 Å². The fourth-order valence-electron chi connectivity index (χ4n) is 0.215. The largest absolute Gasteiger partial charge is 0.522 e. The number of nitrogens with zero attached hydrogens (tertiary/aromatic N) is 1. The van der Waals surface area contributed by atoms with Gasteiger partial charge in [0, 0.05) is 19.0 Å². The Bertz CT molecular complexity index is 330. The van der Waals surface area contributed by atoms with E-state index in [0.717, 1.165) is 6.42 Å². The molecule has 0 atom stereocenters. The van der Waals surface area contributed by atoms with E-state index in [-0.39, 0.29) is 0 Å². The molecule has 0 radical (unpaired) electrons. The van der Waals surface area contributed by atoms with E-state index in [1.807, 2.05) is 6.92 Å². The number of nitrogens with one attached hydrogen (secondary N) is 1. The summed E-state index contributed by atoms with van der Waals surface area (Å²) in [7, 11) is -5.84. The van der Waals surface area contributed by atoms with E-state index in [1.165, 1.54) is 0 Å². The molecule has 0 saturated carbocycles. The minimum absolute atomic E-state index is 0.319. The van der Waals surface area contributed by atoms with Gasteiger partial charge in [-0.15, -0.1) is 0 Å². The summed E-state index contributed by atoms with van der Waals surface area (Å²) in [5, 5.41) is 7.88. The van der Waals surface area contributed by atoms with Crippen LogP contribution < -0.4 is 0 Å². The number of aliphatic hydroxyl groups is 1. The quantitative estimate of drug-likeness (QED) is 0.529. The molecular formula is C7H13F3N2O4S. The highest BCUT2D eigenvalue weighted by Gasteiger charge is 2.44. The zero-order valence-electron chi connectivity index (χ0n) is 8.85. The highest BCUT2D eigenvalue weighted by atomic mass is 32.2. The molecule has 0 fully saturated rings. The number of rotatable bonds is 1. The Kier molecular flexibility index (Phi) is 9.61. The topological polar surface area (TPSA) is 103 Å². The highest BCUT2D eigenvalue weighted by molar-refractivity contribution is 7.86. The number of imidazole rings is 1. The third-order valence-corrected chi connectivity index (χ3v) is 1.51. The van der Waals surface area contributed by atoms with Gasteiger partial charge in [0.05, 0.1) is 6.33 Å². The van der Waals surface area contributed by atoms with Gasteiger partial charge < -0.3 is 10.1 Å². The predicted octanol–water partition coefficient (Wildman–Crippen LogP) is 1.19. The van der Waals surface area contributed by atoms with E-state index >= 15 is 0 Å². The summed E-state index contributed by atoms with van der Waals surface area (Å²) in [6.07, 6.45) is 5.96. The van der Waals surface area contributed by atoms with Crippen LogP contribution in [0.1, 0.15) is 13.3 Å². The van der Waals surface area contributed by atoms with Crippen molar-refractivity contribution in [3.05, 3.63) is 18.7 Å². The summed E-state index contributed by atoms with van der Waals surface area (Å²) >= 11 is 0. The van der Waals surface area contributed by atoms with Crippen molar-refractivity contribution in [1.82, 2.24) is 9.97 Å². The van der Waals surface area contributed by atoms with Gasteiger partial charge in [-0.25, -0.2) is 4.98 Å². The Labute approximate surface area is 96.3 Å². The maximum atomic E-state index is 10.7. The monoisotopic (exact) mass is 278 g/mol. The van der Waals surface area contributed by atoms with Gasteiger partial charge >= 0.3 is 15.6 Å². The maximum Gasteiger partial charge on any atom is 0.522 e. The van der Waals surface area contributed by atoms with Gasteiger partial charge in [0.2, 0.25) is 0 Å². The average molecular weight is 278 g/mol. The number of alkyl halides is 3. The molecule has 10 heteroatoms. The second-order valence-corrected chi connectivity index (χ2v) is 3.82. The first-order valence-electron chi connectivity index (χ1n) is 4.24. The predicted molar refractivity (Wildman–Crippen MR) is 53.6 cm³/mol. The zero-order chi connectivity index (χ0) is 13.9. The number of halogens is 3. The summed E-state index contributed by atoms with van der Waals surface area (Å²) in [4.78, 5) is 6.42. The van der Waals surface area contributed by atoms with Gasteiger partial charge in [-0.05, 0) is 6.42 Å². The number of aromatic amines is 1. The maximum absolute atomic E-state index is 10.7. The normalized spacial score (nSPS) is 10.7. The molecule has 0 unspecified atom stereocenters. The molecular weight excluding hydrogens is 265 g/mol. The highest BCUT2D eigenvalue weighted by Crippen LogP contribution is 2.20. The molecule has 0 aliphatic carbocycles. The molecule has 0 aromatic carbocycles. The van der Waals surface area contributed by atoms with Gasteiger partial charge in [0.15, 0.2) is 0 Å². The second kappa shape index (κ2) is 8.96. The molecule has 0 aliphatic rings. The Morgan fingerprint density at radius 3 is 1.88 bits per heavy atom. The smallest absolute Gasteiger partial charge is 0.396 e. The standard InChI is InChI=1S/C3H4N2.C3H8O.CHF3O3S/c1-2-5-3-4-1;1-2-3-4;2-1(3,4)8(5,6)7/h1-3H,(H,4,5);4H,2-3H2,1H3;(H,5,6,7). The van der Waals surface area contributed by atoms with Crippen molar-refractivity contribution in [3.8, 4) is 0 Å². The van der Waals surface area contributed by atoms with E-state index in [2.05, 4.69) is 9.97 Å². The van der Waals surface area contributed by atoms with E-state index in [1.54, 1.807) is 18.7 Å². The Morgan fingerprint density at radius 2 is 1.82 bits per heavy atom. The van der Waals surface area contributed by atoms with Gasteiger partial charge in [0.25, 0.3) is 0 Å². The third-order valence-electron chi connectivity index (χ3n) is 0.922. The van der Waals surface area contributed by atoms with Crippen LogP contribution in [0.15, 0.2) is 18.7 Å². The van der Waals surface area contributed by atoms with Crippen LogP contribution in [0.5, 0.6) is 0 Å². The molecule has 0 bridgehead atoms. The van der Waals surface area contributed by atoms with Gasteiger partial charge in [0.1, 0.15) is 0 Å². The van der Waals surface area contributed by atoms with Gasteiger partial charge in [-0.1, -0.05) is 6.92 Å². The molecule has 0 amide bonds. The molecule has 6 nitrogen and oxygen atoms in total. The summed E-state index contributed by atoms with van der Waals surface area (Å²) in [5.74, 6) is 0. The molecule has 0 saturated heterocycles. The average Bonchev–Trinajstić information content (AvgIpc) is 2.73. The van der Waals surface area contributed by atoms with Crippen LogP contribution in [-0.2, 0) is 10.1 Å². The van der Waals surface area contributed by atoms with Crippen molar-refractivity contribution in [1.29, 1.82) is 0 Å². The Morgan fingerprint density at radius 1 is 1.41 bits per heavy atom. The third kappa shape index (κ3) is 12.8. The van der Waals surface area contributed by atoms with E-state index in [9.17, 15) is 13.2 Å². The summed E-state index contributed by atoms with van der Waals surface area (Å²) < 4.78 is 57.5. The molecule has 1 heterocycles. The molecule has 0 spiro atoms. The zero-order valence-corrected chi connectivity index (χ0v) is 9.66. The lowest BCUT2D eigenvalue weighted by Gasteiger charge is -1.97. The summed E-state index contributed by atoms with van der Waals surface area (Å²) in [6.45, 7) is 2.25. The molecule has 1 aromatic rings. The summed E-state index contributed by atoms with van der Waals surface area (Å²) in [6, 6.07) is 0. The molecule has 0 aliphatic heterocycles. The number of aromatic nitrogens is 2. The fraction of sp³-hybridized carbons (Fsp3) is 0.571. The van der Waals surface area contributed by atoms with E-state index in [4.69, 9.17) is 18.1 Å². The first-order chi connectivity index (χ1) is 7.66. The Hall–Kier alpha value is -1.13. The second-order valence-electron chi connectivity index (χ2n) is 2.40. The number of hydrogen-bond acceptors (Lipinski definition) is 4. The molecule has 102 valence electrons. The van der Waals surface area contributed by atoms with Crippen LogP contribution in [0.3, 0.4) is 0 Å². The van der Waals surface area contributed by atoms with Gasteiger partial charge in [-0.3, -0.25) is 4.55 Å². The minimum atomic E-state index is -5.84. The minimum Gasteiger partial charge on any atom is -0.396 e. The lowest BCUT2D eigenvalue weighted by molar-refractivity contribution is -0.0510. The fourth-order valence-corrected chi connectivity index (χ4v) is 0.215. The molecule has 1 aromatic heterocycles. The van der Waals surface area contributed by atoms with Crippen molar-refractivity contribution in [2.24, 2.45) is 0 Å². The number of hydrogen-bond donors (Lipinski definition) is 3.